The second-order valence-electron chi connectivity index (χ2n) is 8.92. The van der Waals surface area contributed by atoms with Gasteiger partial charge in [-0.1, -0.05) is 0 Å². The van der Waals surface area contributed by atoms with Crippen LogP contribution in [0.15, 0.2) is 12.4 Å². The molecular weight excluding hydrogens is 443 g/mol. The smallest absolute Gasteiger partial charge is 0.415 e. The van der Waals surface area contributed by atoms with Gasteiger partial charge in [-0.3, -0.25) is 19.6 Å². The summed E-state index contributed by atoms with van der Waals surface area (Å²) in [5, 5.41) is 2.61. The molecule has 0 saturated carbocycles. The number of nitrogens with zero attached hydrogens (tertiary/aromatic N) is 5. The van der Waals surface area contributed by atoms with Gasteiger partial charge in [-0.15, -0.1) is 0 Å². The zero-order valence-electron chi connectivity index (χ0n) is 19.1. The number of ether oxygens (including phenoxy) is 2. The lowest BCUT2D eigenvalue weighted by atomic mass is 10.1. The van der Waals surface area contributed by atoms with Crippen LogP contribution in [0.4, 0.5) is 20.8 Å². The molecule has 5 rings (SSSR count). The van der Waals surface area contributed by atoms with Gasteiger partial charge in [0.2, 0.25) is 0 Å². The number of carbonyl (C=O) groups excluding carboxylic acids is 2. The summed E-state index contributed by atoms with van der Waals surface area (Å²) in [4.78, 5) is 40.8. The minimum absolute atomic E-state index is 0. The second-order valence-corrected chi connectivity index (χ2v) is 8.92. The Hall–Kier alpha value is -3.34. The normalized spacial score (nSPS) is 21.2. The molecule has 1 unspecified atom stereocenters. The van der Waals surface area contributed by atoms with Crippen LogP contribution in [0.1, 0.15) is 31.1 Å². The highest BCUT2D eigenvalue weighted by Crippen LogP contribution is 2.31. The number of halogens is 1. The highest BCUT2D eigenvalue weighted by atomic mass is 19.1. The maximum absolute atomic E-state index is 14.2. The molecule has 0 bridgehead atoms. The fourth-order valence-corrected chi connectivity index (χ4v) is 4.83. The molecule has 1 atom stereocenters. The molecule has 3 aliphatic rings. The van der Waals surface area contributed by atoms with Crippen molar-refractivity contribution in [3.05, 3.63) is 35.0 Å². The summed E-state index contributed by atoms with van der Waals surface area (Å²) in [5.74, 6) is 0.529. The average Bonchev–Trinajstić information content (AvgIpc) is 3.26. The Kier molecular flexibility index (Phi) is 6.27. The van der Waals surface area contributed by atoms with E-state index in [0.29, 0.717) is 31.2 Å². The van der Waals surface area contributed by atoms with Gasteiger partial charge >= 0.3 is 6.09 Å². The summed E-state index contributed by atoms with van der Waals surface area (Å²) in [6.45, 7) is 4.77. The van der Waals surface area contributed by atoms with Crippen LogP contribution in [0.25, 0.3) is 0 Å². The number of fused-ring (bicyclic) bond motifs is 2. The minimum atomic E-state index is -0.504. The van der Waals surface area contributed by atoms with Gasteiger partial charge < -0.3 is 14.8 Å². The highest BCUT2D eigenvalue weighted by Gasteiger charge is 2.29. The summed E-state index contributed by atoms with van der Waals surface area (Å²) in [6.07, 6.45) is 5.44. The lowest BCUT2D eigenvalue weighted by Gasteiger charge is -2.29. The Bertz CT molecular complexity index is 1090. The lowest BCUT2D eigenvalue weighted by molar-refractivity contribution is -0.118. The van der Waals surface area contributed by atoms with Crippen LogP contribution >= 0.6 is 0 Å². The number of aromatic nitrogens is 3. The minimum Gasteiger partial charge on any atom is -0.465 e. The Balaban J connectivity index is 0.00000289. The molecule has 182 valence electrons. The molecule has 2 aromatic rings. The van der Waals surface area contributed by atoms with Crippen LogP contribution in [-0.4, -0.2) is 71.2 Å². The van der Waals surface area contributed by atoms with E-state index in [2.05, 4.69) is 25.2 Å². The van der Waals surface area contributed by atoms with Gasteiger partial charge in [0, 0.05) is 26.8 Å². The van der Waals surface area contributed by atoms with Crippen molar-refractivity contribution >= 4 is 23.6 Å². The largest absolute Gasteiger partial charge is 0.465 e. The average molecular weight is 473 g/mol. The number of nitrogens with one attached hydrogen (secondary N) is 1. The van der Waals surface area contributed by atoms with Gasteiger partial charge in [-0.2, -0.15) is 0 Å². The number of anilines is 2. The number of aryl methyl sites for hydroxylation is 1. The van der Waals surface area contributed by atoms with Crippen LogP contribution in [0.3, 0.4) is 0 Å². The first kappa shape index (κ1) is 22.5. The molecule has 1 aliphatic carbocycles. The molecule has 2 aliphatic heterocycles. The van der Waals surface area contributed by atoms with Gasteiger partial charge in [-0.05, 0) is 56.2 Å². The van der Waals surface area contributed by atoms with Crippen LogP contribution in [0, 0.1) is 18.7 Å². The maximum atomic E-state index is 14.2. The summed E-state index contributed by atoms with van der Waals surface area (Å²) < 4.78 is 25.0. The first-order chi connectivity index (χ1) is 16.5. The van der Waals surface area contributed by atoms with Crippen molar-refractivity contribution in [1.82, 2.24) is 19.9 Å². The Morgan fingerprint density at radius 1 is 1.12 bits per heavy atom. The molecule has 0 aromatic carbocycles. The van der Waals surface area contributed by atoms with Crippen LogP contribution in [0.2, 0.25) is 0 Å². The van der Waals surface area contributed by atoms with Gasteiger partial charge in [0.05, 0.1) is 12.4 Å². The number of rotatable bonds is 3. The van der Waals surface area contributed by atoms with E-state index in [0.717, 1.165) is 49.2 Å². The number of pyridine rings is 1. The lowest BCUT2D eigenvalue weighted by Crippen LogP contribution is -2.40. The maximum Gasteiger partial charge on any atom is 0.415 e. The standard InChI is InChI=1S/C23H27FN6O4.H2/c1-14-16-8-15(9-17(16)18(24)10-25-14)12-29-4-2-3-5-30(23(32)33-7-6-29)19-11-26-22-21(27-19)28-20(31)13-34-22;/h10-11,15H,2-9,12-13H2,1H3,(H,27,28,31);1H. The van der Waals surface area contributed by atoms with Crippen LogP contribution < -0.4 is 15.0 Å². The number of hydrogen-bond acceptors (Lipinski definition) is 8. The van der Waals surface area contributed by atoms with E-state index in [-0.39, 0.29) is 38.1 Å². The topological polar surface area (TPSA) is 110 Å². The molecule has 4 heterocycles. The number of carbonyl (C=O) groups is 2. The number of amides is 2. The van der Waals surface area contributed by atoms with E-state index >= 15 is 0 Å². The van der Waals surface area contributed by atoms with Crippen molar-refractivity contribution in [2.45, 2.75) is 32.6 Å². The van der Waals surface area contributed by atoms with Crippen molar-refractivity contribution in [3.8, 4) is 5.88 Å². The monoisotopic (exact) mass is 472 g/mol. The Morgan fingerprint density at radius 2 is 1.94 bits per heavy atom. The quantitative estimate of drug-likeness (QED) is 0.725. The van der Waals surface area contributed by atoms with Gasteiger partial charge in [0.15, 0.2) is 18.2 Å². The van der Waals surface area contributed by atoms with E-state index in [1.54, 1.807) is 0 Å². The fraction of sp³-hybridized carbons (Fsp3) is 0.522. The third-order valence-corrected chi connectivity index (χ3v) is 6.52. The van der Waals surface area contributed by atoms with E-state index in [1.165, 1.54) is 17.3 Å². The van der Waals surface area contributed by atoms with E-state index in [9.17, 15) is 14.0 Å². The van der Waals surface area contributed by atoms with Crippen molar-refractivity contribution < 1.29 is 24.9 Å². The highest BCUT2D eigenvalue weighted by molar-refractivity contribution is 5.94. The van der Waals surface area contributed by atoms with Crippen molar-refractivity contribution in [2.24, 2.45) is 5.92 Å². The van der Waals surface area contributed by atoms with E-state index < -0.39 is 6.09 Å². The van der Waals surface area contributed by atoms with Gasteiger partial charge in [-0.25, -0.2) is 19.2 Å². The van der Waals surface area contributed by atoms with Crippen molar-refractivity contribution in [2.75, 3.05) is 49.6 Å². The fourth-order valence-electron chi connectivity index (χ4n) is 4.83. The molecule has 2 amide bonds. The summed E-state index contributed by atoms with van der Waals surface area (Å²) >= 11 is 0. The van der Waals surface area contributed by atoms with Crippen molar-refractivity contribution in [1.29, 1.82) is 0 Å². The van der Waals surface area contributed by atoms with E-state index in [1.807, 2.05) is 6.92 Å². The van der Waals surface area contributed by atoms with Crippen LogP contribution in [0.5, 0.6) is 5.88 Å². The molecule has 1 N–H and O–H groups in total. The van der Waals surface area contributed by atoms with Crippen LogP contribution in [-0.2, 0) is 22.4 Å². The zero-order valence-corrected chi connectivity index (χ0v) is 19.1. The second kappa shape index (κ2) is 9.49. The molecule has 0 radical (unpaired) electrons. The Labute approximate surface area is 198 Å². The Morgan fingerprint density at radius 3 is 2.79 bits per heavy atom. The molecule has 34 heavy (non-hydrogen) atoms. The first-order valence-electron chi connectivity index (χ1n) is 11.6. The third-order valence-electron chi connectivity index (χ3n) is 6.52. The third kappa shape index (κ3) is 4.65. The van der Waals surface area contributed by atoms with E-state index in [4.69, 9.17) is 9.47 Å². The zero-order chi connectivity index (χ0) is 23.7. The molecular formula is C23H29FN6O4. The molecule has 2 aromatic heterocycles. The number of cyclic esters (lactones) is 1. The summed E-state index contributed by atoms with van der Waals surface area (Å²) in [6, 6.07) is 0. The molecule has 11 heteroatoms. The van der Waals surface area contributed by atoms with Gasteiger partial charge in [0.1, 0.15) is 12.4 Å². The predicted octanol–water partition coefficient (Wildman–Crippen LogP) is 2.35. The summed E-state index contributed by atoms with van der Waals surface area (Å²) in [7, 11) is 0. The van der Waals surface area contributed by atoms with Gasteiger partial charge in [0.25, 0.3) is 11.8 Å². The SMILES string of the molecule is Cc1ncc(F)c2c1CC(CN1CCCCN(c3cnc4c(n3)NC(=O)CO4)C(=O)OCC1)C2.[HH]. The first-order valence-corrected chi connectivity index (χ1v) is 11.6. The molecule has 1 saturated heterocycles. The summed E-state index contributed by atoms with van der Waals surface area (Å²) in [5.41, 5.74) is 2.75. The van der Waals surface area contributed by atoms with Crippen molar-refractivity contribution in [3.63, 3.8) is 0 Å². The predicted molar refractivity (Wildman–Crippen MR) is 122 cm³/mol. The number of hydrogen-bond donors (Lipinski definition) is 1. The molecule has 1 fully saturated rings. The molecule has 0 spiro atoms. The molecule has 10 nitrogen and oxygen atoms in total.